The number of hydrogen-bond donors (Lipinski definition) is 1. The Morgan fingerprint density at radius 1 is 1.77 bits per heavy atom. The van der Waals surface area contributed by atoms with Crippen LogP contribution in [-0.2, 0) is 7.05 Å². The highest BCUT2D eigenvalue weighted by molar-refractivity contribution is 5.98. The summed E-state index contributed by atoms with van der Waals surface area (Å²) < 4.78 is 1.44. The second kappa shape index (κ2) is 4.13. The normalized spacial score (nSPS) is 12.8. The molecule has 0 radical (unpaired) electrons. The van der Waals surface area contributed by atoms with Crippen molar-refractivity contribution >= 4 is 5.78 Å². The monoisotopic (exact) mass is 182 g/mol. The molecule has 0 fully saturated rings. The number of nitrogens with two attached hydrogens (primary N) is 1. The molecule has 0 bridgehead atoms. The van der Waals surface area contributed by atoms with Crippen molar-refractivity contribution in [3.63, 3.8) is 0 Å². The van der Waals surface area contributed by atoms with Gasteiger partial charge in [0.25, 0.3) is 0 Å². The minimum absolute atomic E-state index is 0.0886. The fraction of sp³-hybridized carbons (Fsp3) is 0.625. The van der Waals surface area contributed by atoms with Gasteiger partial charge >= 0.3 is 0 Å². The van der Waals surface area contributed by atoms with E-state index in [0.29, 0.717) is 12.1 Å². The Morgan fingerprint density at radius 2 is 2.46 bits per heavy atom. The van der Waals surface area contributed by atoms with Crippen LogP contribution < -0.4 is 5.73 Å². The SMILES string of the molecule is CCCC(N)C(=O)c1cnnn1C. The second-order valence-electron chi connectivity index (χ2n) is 3.00. The number of aromatic nitrogens is 3. The van der Waals surface area contributed by atoms with Gasteiger partial charge in [-0.15, -0.1) is 5.10 Å². The number of ketones is 1. The van der Waals surface area contributed by atoms with E-state index in [-0.39, 0.29) is 5.78 Å². The molecule has 5 nitrogen and oxygen atoms in total. The first-order valence-corrected chi connectivity index (χ1v) is 4.31. The predicted molar refractivity (Wildman–Crippen MR) is 48.2 cm³/mol. The lowest BCUT2D eigenvalue weighted by Crippen LogP contribution is -2.31. The van der Waals surface area contributed by atoms with E-state index in [1.54, 1.807) is 7.05 Å². The summed E-state index contributed by atoms with van der Waals surface area (Å²) in [7, 11) is 1.68. The van der Waals surface area contributed by atoms with E-state index < -0.39 is 6.04 Å². The van der Waals surface area contributed by atoms with Crippen molar-refractivity contribution in [3.8, 4) is 0 Å². The quantitative estimate of drug-likeness (QED) is 0.671. The Hall–Kier alpha value is -1.23. The number of carbonyl (C=O) groups is 1. The molecule has 0 aliphatic heterocycles. The van der Waals surface area contributed by atoms with Gasteiger partial charge in [0.05, 0.1) is 12.2 Å². The van der Waals surface area contributed by atoms with Crippen molar-refractivity contribution in [2.75, 3.05) is 0 Å². The molecule has 13 heavy (non-hydrogen) atoms. The molecule has 1 heterocycles. The van der Waals surface area contributed by atoms with E-state index in [0.717, 1.165) is 6.42 Å². The molecule has 0 saturated heterocycles. The molecule has 2 N–H and O–H groups in total. The summed E-state index contributed by atoms with van der Waals surface area (Å²) in [6.07, 6.45) is 3.04. The lowest BCUT2D eigenvalue weighted by atomic mass is 10.1. The lowest BCUT2D eigenvalue weighted by Gasteiger charge is -2.07. The van der Waals surface area contributed by atoms with Crippen molar-refractivity contribution in [2.24, 2.45) is 12.8 Å². The number of aryl methyl sites for hydroxylation is 1. The maximum absolute atomic E-state index is 11.6. The van der Waals surface area contributed by atoms with Gasteiger partial charge in [0.15, 0.2) is 5.78 Å². The van der Waals surface area contributed by atoms with Crippen LogP contribution in [0, 0.1) is 0 Å². The predicted octanol–water partition coefficient (Wildman–Crippen LogP) is 0.125. The molecule has 1 aromatic heterocycles. The van der Waals surface area contributed by atoms with Gasteiger partial charge in [-0.2, -0.15) is 0 Å². The third kappa shape index (κ3) is 2.12. The van der Waals surface area contributed by atoms with E-state index in [4.69, 9.17) is 5.73 Å². The van der Waals surface area contributed by atoms with E-state index in [1.165, 1.54) is 10.9 Å². The number of Topliss-reactive ketones (excluding diaryl/α,β-unsaturated/α-hetero) is 1. The number of rotatable bonds is 4. The summed E-state index contributed by atoms with van der Waals surface area (Å²) >= 11 is 0. The Morgan fingerprint density at radius 3 is 2.92 bits per heavy atom. The first-order valence-electron chi connectivity index (χ1n) is 4.31. The molecule has 5 heteroatoms. The minimum Gasteiger partial charge on any atom is -0.321 e. The highest BCUT2D eigenvalue weighted by Gasteiger charge is 2.17. The smallest absolute Gasteiger partial charge is 0.199 e. The van der Waals surface area contributed by atoms with E-state index in [9.17, 15) is 4.79 Å². The summed E-state index contributed by atoms with van der Waals surface area (Å²) in [4.78, 5) is 11.6. The molecule has 1 rings (SSSR count). The zero-order chi connectivity index (χ0) is 9.84. The van der Waals surface area contributed by atoms with Crippen LogP contribution in [0.2, 0.25) is 0 Å². The third-order valence-corrected chi connectivity index (χ3v) is 1.90. The van der Waals surface area contributed by atoms with Gasteiger partial charge < -0.3 is 5.73 Å². The number of carbonyl (C=O) groups excluding carboxylic acids is 1. The number of nitrogens with zero attached hydrogens (tertiary/aromatic N) is 3. The second-order valence-corrected chi connectivity index (χ2v) is 3.00. The van der Waals surface area contributed by atoms with Crippen LogP contribution in [-0.4, -0.2) is 26.8 Å². The van der Waals surface area contributed by atoms with Gasteiger partial charge in [-0.1, -0.05) is 18.6 Å². The highest BCUT2D eigenvalue weighted by atomic mass is 16.1. The summed E-state index contributed by atoms with van der Waals surface area (Å²) in [6.45, 7) is 1.99. The Kier molecular flexibility index (Phi) is 3.13. The van der Waals surface area contributed by atoms with Crippen LogP contribution in [0.4, 0.5) is 0 Å². The third-order valence-electron chi connectivity index (χ3n) is 1.90. The van der Waals surface area contributed by atoms with Crippen LogP contribution in [0.5, 0.6) is 0 Å². The molecule has 1 aromatic rings. The summed E-state index contributed by atoms with van der Waals surface area (Å²) in [5.74, 6) is -0.0886. The van der Waals surface area contributed by atoms with Gasteiger partial charge in [0.2, 0.25) is 0 Å². The lowest BCUT2D eigenvalue weighted by molar-refractivity contribution is 0.0947. The van der Waals surface area contributed by atoms with E-state index >= 15 is 0 Å². The molecular formula is C8H14N4O. The van der Waals surface area contributed by atoms with Crippen molar-refractivity contribution in [3.05, 3.63) is 11.9 Å². The molecule has 72 valence electrons. The van der Waals surface area contributed by atoms with Crippen LogP contribution >= 0.6 is 0 Å². The molecule has 0 spiro atoms. The van der Waals surface area contributed by atoms with Gasteiger partial charge in [-0.25, -0.2) is 4.68 Å². The Balaban J connectivity index is 2.73. The van der Waals surface area contributed by atoms with Crippen molar-refractivity contribution in [2.45, 2.75) is 25.8 Å². The van der Waals surface area contributed by atoms with Crippen molar-refractivity contribution < 1.29 is 4.79 Å². The average Bonchev–Trinajstić information content (AvgIpc) is 2.50. The van der Waals surface area contributed by atoms with Crippen LogP contribution in [0.25, 0.3) is 0 Å². The maximum atomic E-state index is 11.6. The minimum atomic E-state index is -0.429. The van der Waals surface area contributed by atoms with Gasteiger partial charge in [0.1, 0.15) is 5.69 Å². The topological polar surface area (TPSA) is 73.8 Å². The van der Waals surface area contributed by atoms with Crippen molar-refractivity contribution in [1.29, 1.82) is 0 Å². The molecule has 1 atom stereocenters. The molecular weight excluding hydrogens is 168 g/mol. The van der Waals surface area contributed by atoms with Gasteiger partial charge in [0, 0.05) is 7.05 Å². The van der Waals surface area contributed by atoms with Crippen LogP contribution in [0.3, 0.4) is 0 Å². The highest BCUT2D eigenvalue weighted by Crippen LogP contribution is 2.03. The molecule has 1 unspecified atom stereocenters. The zero-order valence-electron chi connectivity index (χ0n) is 7.90. The first-order chi connectivity index (χ1) is 6.16. The fourth-order valence-electron chi connectivity index (χ4n) is 1.14. The summed E-state index contributed by atoms with van der Waals surface area (Å²) in [5, 5.41) is 7.29. The molecule has 0 saturated carbocycles. The fourth-order valence-corrected chi connectivity index (χ4v) is 1.14. The Bertz CT molecular complexity index is 294. The number of hydrogen-bond acceptors (Lipinski definition) is 4. The molecule has 0 aliphatic rings. The maximum Gasteiger partial charge on any atom is 0.199 e. The first kappa shape index (κ1) is 9.85. The standard InChI is InChI=1S/C8H14N4O/c1-3-4-6(9)8(13)7-5-10-11-12(7)2/h5-6H,3-4,9H2,1-2H3. The van der Waals surface area contributed by atoms with Gasteiger partial charge in [-0.3, -0.25) is 4.79 Å². The van der Waals surface area contributed by atoms with Crippen LogP contribution in [0.1, 0.15) is 30.3 Å². The van der Waals surface area contributed by atoms with E-state index in [2.05, 4.69) is 10.3 Å². The van der Waals surface area contributed by atoms with Gasteiger partial charge in [-0.05, 0) is 6.42 Å². The zero-order valence-corrected chi connectivity index (χ0v) is 7.90. The largest absolute Gasteiger partial charge is 0.321 e. The summed E-state index contributed by atoms with van der Waals surface area (Å²) in [5.41, 5.74) is 6.14. The molecule has 0 amide bonds. The summed E-state index contributed by atoms with van der Waals surface area (Å²) in [6, 6.07) is -0.429. The Labute approximate surface area is 76.9 Å². The molecule has 0 aliphatic carbocycles. The van der Waals surface area contributed by atoms with E-state index in [1.807, 2.05) is 6.92 Å². The van der Waals surface area contributed by atoms with Crippen molar-refractivity contribution in [1.82, 2.24) is 15.0 Å². The molecule has 0 aromatic carbocycles. The van der Waals surface area contributed by atoms with Crippen LogP contribution in [0.15, 0.2) is 6.20 Å². The average molecular weight is 182 g/mol.